The first kappa shape index (κ1) is 20.3. The van der Waals surface area contributed by atoms with Gasteiger partial charge in [-0.3, -0.25) is 10.1 Å². The molecule has 0 bridgehead atoms. The molecule has 0 unspecified atom stereocenters. The molecule has 0 aliphatic carbocycles. The number of carbonyl (C=O) groups is 1. The number of carboxylic acid groups (broad SMARTS) is 1. The zero-order valence-corrected chi connectivity index (χ0v) is 15.7. The average Bonchev–Trinajstić information content (AvgIpc) is 2.77. The average molecular weight is 400 g/mol. The molecule has 0 fully saturated rings. The Labute approximate surface area is 172 Å². The Morgan fingerprint density at radius 1 is 1.07 bits per heavy atom. The summed E-state index contributed by atoms with van der Waals surface area (Å²) < 4.78 is 5.69. The normalized spacial score (nSPS) is 10.8. The number of benzene rings is 3. The highest BCUT2D eigenvalue weighted by atomic mass is 16.6. The van der Waals surface area contributed by atoms with E-state index in [-0.39, 0.29) is 17.9 Å². The third-order valence-corrected chi connectivity index (χ3v) is 4.28. The number of rotatable bonds is 7. The first-order valence-electron chi connectivity index (χ1n) is 8.88. The van der Waals surface area contributed by atoms with E-state index in [1.54, 1.807) is 48.5 Å². The third-order valence-electron chi connectivity index (χ3n) is 4.28. The van der Waals surface area contributed by atoms with Crippen molar-refractivity contribution >= 4 is 23.3 Å². The lowest BCUT2D eigenvalue weighted by Gasteiger charge is -2.07. The van der Waals surface area contributed by atoms with Crippen molar-refractivity contribution in [2.24, 2.45) is 0 Å². The van der Waals surface area contributed by atoms with Crippen LogP contribution in [0.4, 0.5) is 5.69 Å². The van der Waals surface area contributed by atoms with Crippen LogP contribution in [0.15, 0.2) is 72.8 Å². The van der Waals surface area contributed by atoms with Crippen LogP contribution in [0.5, 0.6) is 5.75 Å². The van der Waals surface area contributed by atoms with Crippen LogP contribution < -0.4 is 4.74 Å². The van der Waals surface area contributed by atoms with Crippen LogP contribution in [-0.4, -0.2) is 16.0 Å². The van der Waals surface area contributed by atoms with E-state index in [0.29, 0.717) is 16.9 Å². The van der Waals surface area contributed by atoms with Crippen LogP contribution in [-0.2, 0) is 6.61 Å². The molecule has 0 radical (unpaired) electrons. The van der Waals surface area contributed by atoms with Crippen molar-refractivity contribution in [1.29, 1.82) is 5.26 Å². The SMILES string of the molecule is N#CC(=Cc1ccc(OCc2cccc(C(=O)O)c2)cc1)c1ccc([N+](=O)[O-])cc1. The van der Waals surface area contributed by atoms with Crippen molar-refractivity contribution in [2.75, 3.05) is 0 Å². The van der Waals surface area contributed by atoms with Crippen molar-refractivity contribution in [3.63, 3.8) is 0 Å². The molecule has 3 aromatic carbocycles. The highest BCUT2D eigenvalue weighted by Crippen LogP contribution is 2.22. The number of nitrogens with zero attached hydrogens (tertiary/aromatic N) is 2. The van der Waals surface area contributed by atoms with Gasteiger partial charge < -0.3 is 9.84 Å². The van der Waals surface area contributed by atoms with E-state index in [1.165, 1.54) is 30.3 Å². The van der Waals surface area contributed by atoms with E-state index >= 15 is 0 Å². The topological polar surface area (TPSA) is 113 Å². The van der Waals surface area contributed by atoms with Crippen molar-refractivity contribution in [3.05, 3.63) is 105 Å². The van der Waals surface area contributed by atoms with Crippen molar-refractivity contribution in [1.82, 2.24) is 0 Å². The maximum Gasteiger partial charge on any atom is 0.335 e. The van der Waals surface area contributed by atoms with Gasteiger partial charge in [-0.05, 0) is 59.2 Å². The van der Waals surface area contributed by atoms with Crippen LogP contribution in [0.2, 0.25) is 0 Å². The van der Waals surface area contributed by atoms with Crippen LogP contribution >= 0.6 is 0 Å². The summed E-state index contributed by atoms with van der Waals surface area (Å²) in [7, 11) is 0. The van der Waals surface area contributed by atoms with Crippen LogP contribution in [0.25, 0.3) is 11.6 Å². The van der Waals surface area contributed by atoms with E-state index < -0.39 is 10.9 Å². The fraction of sp³-hybridized carbons (Fsp3) is 0.0435. The summed E-state index contributed by atoms with van der Waals surface area (Å²) >= 11 is 0. The Kier molecular flexibility index (Phi) is 6.20. The van der Waals surface area contributed by atoms with E-state index in [9.17, 15) is 20.2 Å². The zero-order chi connectivity index (χ0) is 21.5. The molecule has 0 amide bonds. The van der Waals surface area contributed by atoms with Crippen molar-refractivity contribution < 1.29 is 19.6 Å². The monoisotopic (exact) mass is 400 g/mol. The van der Waals surface area contributed by atoms with Crippen molar-refractivity contribution in [3.8, 4) is 11.8 Å². The number of nitriles is 1. The van der Waals surface area contributed by atoms with Gasteiger partial charge >= 0.3 is 5.97 Å². The van der Waals surface area contributed by atoms with Gasteiger partial charge in [-0.15, -0.1) is 0 Å². The summed E-state index contributed by atoms with van der Waals surface area (Å²) in [4.78, 5) is 21.3. The minimum absolute atomic E-state index is 0.0357. The largest absolute Gasteiger partial charge is 0.489 e. The van der Waals surface area contributed by atoms with Crippen LogP contribution in [0.1, 0.15) is 27.0 Å². The number of carboxylic acids is 1. The minimum atomic E-state index is -0.991. The highest BCUT2D eigenvalue weighted by molar-refractivity contribution is 5.89. The number of hydrogen-bond donors (Lipinski definition) is 1. The molecule has 0 aromatic heterocycles. The fourth-order valence-electron chi connectivity index (χ4n) is 2.73. The maximum absolute atomic E-state index is 11.0. The van der Waals surface area contributed by atoms with Gasteiger partial charge in [-0.2, -0.15) is 5.26 Å². The van der Waals surface area contributed by atoms with Gasteiger partial charge in [0.2, 0.25) is 0 Å². The molecule has 1 N–H and O–H groups in total. The molecule has 0 aliphatic rings. The number of allylic oxidation sites excluding steroid dienone is 1. The maximum atomic E-state index is 11.0. The third kappa shape index (κ3) is 5.09. The second kappa shape index (κ2) is 9.17. The molecule has 0 atom stereocenters. The molecule has 148 valence electrons. The molecule has 3 rings (SSSR count). The highest BCUT2D eigenvalue weighted by Gasteiger charge is 2.07. The Balaban J connectivity index is 1.70. The summed E-state index contributed by atoms with van der Waals surface area (Å²) in [5.74, 6) is -0.393. The van der Waals surface area contributed by atoms with Crippen molar-refractivity contribution in [2.45, 2.75) is 6.61 Å². The predicted molar refractivity (Wildman–Crippen MR) is 111 cm³/mol. The Bertz CT molecular complexity index is 1140. The van der Waals surface area contributed by atoms with Gasteiger partial charge in [0.05, 0.1) is 22.1 Å². The van der Waals surface area contributed by atoms with Gasteiger partial charge in [0.1, 0.15) is 12.4 Å². The van der Waals surface area contributed by atoms with Crippen LogP contribution in [0, 0.1) is 21.4 Å². The summed E-state index contributed by atoms with van der Waals surface area (Å²) in [6.45, 7) is 0.225. The second-order valence-electron chi connectivity index (χ2n) is 6.34. The lowest BCUT2D eigenvalue weighted by molar-refractivity contribution is -0.384. The summed E-state index contributed by atoms with van der Waals surface area (Å²) in [5.41, 5.74) is 2.64. The Morgan fingerprint density at radius 2 is 1.77 bits per heavy atom. The second-order valence-corrected chi connectivity index (χ2v) is 6.34. The molecule has 7 nitrogen and oxygen atoms in total. The molecule has 0 saturated heterocycles. The molecule has 0 heterocycles. The van der Waals surface area contributed by atoms with Gasteiger partial charge in [0.15, 0.2) is 0 Å². The van der Waals surface area contributed by atoms with Gasteiger partial charge in [0, 0.05) is 12.1 Å². The number of non-ortho nitro benzene ring substituents is 1. The minimum Gasteiger partial charge on any atom is -0.489 e. The molecule has 0 aliphatic heterocycles. The van der Waals surface area contributed by atoms with Crippen LogP contribution in [0.3, 0.4) is 0 Å². The Morgan fingerprint density at radius 3 is 2.37 bits per heavy atom. The van der Waals surface area contributed by atoms with Gasteiger partial charge in [0.25, 0.3) is 5.69 Å². The molecular formula is C23H16N2O5. The number of ether oxygens (including phenoxy) is 1. The molecule has 7 heteroatoms. The van der Waals surface area contributed by atoms with E-state index in [0.717, 1.165) is 11.1 Å². The predicted octanol–water partition coefficient (Wildman–Crippen LogP) is 4.94. The van der Waals surface area contributed by atoms with E-state index in [4.69, 9.17) is 9.84 Å². The molecular weight excluding hydrogens is 384 g/mol. The fourth-order valence-corrected chi connectivity index (χ4v) is 2.73. The summed E-state index contributed by atoms with van der Waals surface area (Å²) in [5, 5.41) is 29.2. The van der Waals surface area contributed by atoms with E-state index in [1.807, 2.05) is 0 Å². The summed E-state index contributed by atoms with van der Waals surface area (Å²) in [6.07, 6.45) is 1.68. The number of aromatic carboxylic acids is 1. The Hall–Kier alpha value is -4.44. The first-order chi connectivity index (χ1) is 14.5. The number of nitro groups is 1. The summed E-state index contributed by atoms with van der Waals surface area (Å²) in [6, 6.07) is 21.5. The smallest absolute Gasteiger partial charge is 0.335 e. The van der Waals surface area contributed by atoms with Gasteiger partial charge in [-0.1, -0.05) is 24.3 Å². The molecule has 0 saturated carbocycles. The molecule has 30 heavy (non-hydrogen) atoms. The van der Waals surface area contributed by atoms with Gasteiger partial charge in [-0.25, -0.2) is 4.79 Å². The standard InChI is InChI=1S/C23H16N2O5/c24-14-20(18-6-8-21(9-7-18)25(28)29)12-16-4-10-22(11-5-16)30-15-17-2-1-3-19(13-17)23(26)27/h1-13H,15H2,(H,26,27). The zero-order valence-electron chi connectivity index (χ0n) is 15.7. The molecule has 3 aromatic rings. The molecule has 0 spiro atoms. The quantitative estimate of drug-likeness (QED) is 0.260. The first-order valence-corrected chi connectivity index (χ1v) is 8.88. The lowest BCUT2D eigenvalue weighted by Crippen LogP contribution is -2.00. The number of hydrogen-bond acceptors (Lipinski definition) is 5. The van der Waals surface area contributed by atoms with E-state index in [2.05, 4.69) is 6.07 Å². The number of nitro benzene ring substituents is 1. The lowest BCUT2D eigenvalue weighted by atomic mass is 10.0.